The molecular formula is C18H25ClN4. The topological polar surface area (TPSA) is 31.4 Å². The van der Waals surface area contributed by atoms with Crippen LogP contribution in [-0.4, -0.2) is 42.6 Å². The highest BCUT2D eigenvalue weighted by Crippen LogP contribution is 2.21. The summed E-state index contributed by atoms with van der Waals surface area (Å²) in [5, 5.41) is 3.48. The summed E-state index contributed by atoms with van der Waals surface area (Å²) in [6.45, 7) is 6.50. The summed E-state index contributed by atoms with van der Waals surface area (Å²) in [6, 6.07) is 15.2. The van der Waals surface area contributed by atoms with Crippen molar-refractivity contribution in [3.8, 4) is 0 Å². The maximum atomic E-state index is 4.62. The normalized spacial score (nSPS) is 18.3. The van der Waals surface area contributed by atoms with Crippen molar-refractivity contribution in [2.75, 3.05) is 31.6 Å². The van der Waals surface area contributed by atoms with Gasteiger partial charge in [0.1, 0.15) is 5.82 Å². The molecule has 1 aliphatic heterocycles. The van der Waals surface area contributed by atoms with Crippen LogP contribution < -0.4 is 10.2 Å². The Balaban J connectivity index is 0.00000192. The van der Waals surface area contributed by atoms with Gasteiger partial charge in [-0.15, -0.1) is 12.4 Å². The van der Waals surface area contributed by atoms with Gasteiger partial charge in [-0.2, -0.15) is 0 Å². The lowest BCUT2D eigenvalue weighted by Gasteiger charge is -2.31. The van der Waals surface area contributed by atoms with Gasteiger partial charge in [0.25, 0.3) is 0 Å². The number of para-hydroxylation sites is 1. The summed E-state index contributed by atoms with van der Waals surface area (Å²) < 4.78 is 0. The van der Waals surface area contributed by atoms with Gasteiger partial charge in [0, 0.05) is 51.2 Å². The second kappa shape index (κ2) is 8.29. The zero-order valence-corrected chi connectivity index (χ0v) is 14.6. The fourth-order valence-corrected chi connectivity index (χ4v) is 2.91. The molecule has 0 aliphatic carbocycles. The van der Waals surface area contributed by atoms with Gasteiger partial charge >= 0.3 is 0 Å². The quantitative estimate of drug-likeness (QED) is 0.932. The fourth-order valence-electron chi connectivity index (χ4n) is 2.91. The molecule has 3 rings (SSSR count). The Bertz CT molecular complexity index is 588. The van der Waals surface area contributed by atoms with Crippen LogP contribution in [0.2, 0.25) is 0 Å². The van der Waals surface area contributed by atoms with E-state index in [1.807, 2.05) is 24.4 Å². The van der Waals surface area contributed by atoms with Crippen molar-refractivity contribution in [1.82, 2.24) is 15.2 Å². The van der Waals surface area contributed by atoms with Gasteiger partial charge < -0.3 is 10.2 Å². The van der Waals surface area contributed by atoms with E-state index in [2.05, 4.69) is 58.3 Å². The molecule has 1 aliphatic rings. The summed E-state index contributed by atoms with van der Waals surface area (Å²) in [4.78, 5) is 9.22. The lowest BCUT2D eigenvalue weighted by atomic mass is 10.2. The minimum absolute atomic E-state index is 0. The van der Waals surface area contributed by atoms with E-state index in [4.69, 9.17) is 0 Å². The molecule has 0 radical (unpaired) electrons. The number of aromatic nitrogens is 1. The van der Waals surface area contributed by atoms with Crippen molar-refractivity contribution in [1.29, 1.82) is 0 Å². The van der Waals surface area contributed by atoms with Gasteiger partial charge in [0.05, 0.1) is 0 Å². The first-order chi connectivity index (χ1) is 10.7. The first-order valence-electron chi connectivity index (χ1n) is 7.92. The standard InChI is InChI=1S/C18H24N4.ClH/c1-15-13-22(11-10-19-15)14-16-8-9-18(20-12-16)21(2)17-6-4-3-5-7-17;/h3-9,12,15,19H,10-11,13-14H2,1-2H3;1H/t15-;/m1./s1. The number of benzene rings is 1. The predicted octanol–water partition coefficient (Wildman–Crippen LogP) is 3.07. The Morgan fingerprint density at radius 1 is 1.22 bits per heavy atom. The average Bonchev–Trinajstić information content (AvgIpc) is 2.56. The van der Waals surface area contributed by atoms with Crippen LogP contribution in [0.1, 0.15) is 12.5 Å². The zero-order valence-electron chi connectivity index (χ0n) is 13.8. The number of halogens is 1. The van der Waals surface area contributed by atoms with Crippen molar-refractivity contribution in [3.05, 3.63) is 54.2 Å². The molecule has 0 spiro atoms. The monoisotopic (exact) mass is 332 g/mol. The van der Waals surface area contributed by atoms with Gasteiger partial charge in [-0.05, 0) is 30.7 Å². The Hall–Kier alpha value is -1.62. The third-order valence-corrected chi connectivity index (χ3v) is 4.16. The third kappa shape index (κ3) is 4.67. The maximum Gasteiger partial charge on any atom is 0.132 e. The molecular weight excluding hydrogens is 308 g/mol. The van der Waals surface area contributed by atoms with Crippen LogP contribution in [0.25, 0.3) is 0 Å². The Morgan fingerprint density at radius 2 is 2.00 bits per heavy atom. The molecule has 0 saturated carbocycles. The molecule has 0 amide bonds. The van der Waals surface area contributed by atoms with Gasteiger partial charge in [-0.3, -0.25) is 4.90 Å². The van der Waals surface area contributed by atoms with Crippen molar-refractivity contribution < 1.29 is 0 Å². The summed E-state index contributed by atoms with van der Waals surface area (Å²) in [5.74, 6) is 0.976. The molecule has 1 aromatic carbocycles. The van der Waals surface area contributed by atoms with Crippen LogP contribution in [-0.2, 0) is 6.54 Å². The van der Waals surface area contributed by atoms with E-state index in [9.17, 15) is 0 Å². The van der Waals surface area contributed by atoms with Gasteiger partial charge in [0.15, 0.2) is 0 Å². The largest absolute Gasteiger partial charge is 0.329 e. The molecule has 1 fully saturated rings. The van der Waals surface area contributed by atoms with Crippen molar-refractivity contribution in [3.63, 3.8) is 0 Å². The number of pyridine rings is 1. The molecule has 23 heavy (non-hydrogen) atoms. The zero-order chi connectivity index (χ0) is 15.4. The van der Waals surface area contributed by atoms with E-state index in [0.717, 1.165) is 37.7 Å². The fraction of sp³-hybridized carbons (Fsp3) is 0.389. The first-order valence-corrected chi connectivity index (χ1v) is 7.92. The predicted molar refractivity (Wildman–Crippen MR) is 98.7 cm³/mol. The molecule has 2 aromatic rings. The van der Waals surface area contributed by atoms with Crippen LogP contribution in [0.4, 0.5) is 11.5 Å². The van der Waals surface area contributed by atoms with Gasteiger partial charge in [-0.25, -0.2) is 4.98 Å². The van der Waals surface area contributed by atoms with Crippen LogP contribution in [0.5, 0.6) is 0 Å². The Labute approximate surface area is 144 Å². The number of rotatable bonds is 4. The molecule has 124 valence electrons. The molecule has 2 heterocycles. The van der Waals surface area contributed by atoms with Gasteiger partial charge in [0.2, 0.25) is 0 Å². The number of hydrogen-bond donors (Lipinski definition) is 1. The molecule has 0 bridgehead atoms. The Kier molecular flexibility index (Phi) is 6.39. The highest BCUT2D eigenvalue weighted by atomic mass is 35.5. The number of hydrogen-bond acceptors (Lipinski definition) is 4. The lowest BCUT2D eigenvalue weighted by Crippen LogP contribution is -2.48. The van der Waals surface area contributed by atoms with E-state index in [1.165, 1.54) is 5.56 Å². The molecule has 1 aromatic heterocycles. The summed E-state index contributed by atoms with van der Waals surface area (Å²) in [5.41, 5.74) is 2.43. The minimum Gasteiger partial charge on any atom is -0.329 e. The van der Waals surface area contributed by atoms with Gasteiger partial charge in [-0.1, -0.05) is 24.3 Å². The van der Waals surface area contributed by atoms with Crippen LogP contribution in [0.3, 0.4) is 0 Å². The van der Waals surface area contributed by atoms with Crippen molar-refractivity contribution in [2.45, 2.75) is 19.5 Å². The summed E-state index contributed by atoms with van der Waals surface area (Å²) >= 11 is 0. The smallest absolute Gasteiger partial charge is 0.132 e. The maximum absolute atomic E-state index is 4.62. The first kappa shape index (κ1) is 17.7. The van der Waals surface area contributed by atoms with Crippen molar-refractivity contribution >= 4 is 23.9 Å². The van der Waals surface area contributed by atoms with E-state index in [1.54, 1.807) is 0 Å². The molecule has 1 N–H and O–H groups in total. The van der Waals surface area contributed by atoms with Crippen LogP contribution >= 0.6 is 12.4 Å². The second-order valence-electron chi connectivity index (χ2n) is 6.01. The number of nitrogens with zero attached hydrogens (tertiary/aromatic N) is 3. The third-order valence-electron chi connectivity index (χ3n) is 4.16. The average molecular weight is 333 g/mol. The molecule has 1 atom stereocenters. The summed E-state index contributed by atoms with van der Waals surface area (Å²) in [6.07, 6.45) is 2.00. The van der Waals surface area contributed by atoms with Crippen LogP contribution in [0, 0.1) is 0 Å². The van der Waals surface area contributed by atoms with E-state index >= 15 is 0 Å². The van der Waals surface area contributed by atoms with Crippen LogP contribution in [0.15, 0.2) is 48.7 Å². The number of anilines is 2. The SMILES string of the molecule is C[C@@H]1CN(Cc2ccc(N(C)c3ccccc3)nc2)CCN1.Cl. The summed E-state index contributed by atoms with van der Waals surface area (Å²) in [7, 11) is 2.05. The van der Waals surface area contributed by atoms with E-state index in [-0.39, 0.29) is 12.4 Å². The molecule has 0 unspecified atom stereocenters. The lowest BCUT2D eigenvalue weighted by molar-refractivity contribution is 0.199. The Morgan fingerprint density at radius 3 is 2.65 bits per heavy atom. The number of piperazine rings is 1. The van der Waals surface area contributed by atoms with E-state index < -0.39 is 0 Å². The molecule has 1 saturated heterocycles. The highest BCUT2D eigenvalue weighted by Gasteiger charge is 2.15. The van der Waals surface area contributed by atoms with E-state index in [0.29, 0.717) is 6.04 Å². The molecule has 4 nitrogen and oxygen atoms in total. The number of nitrogens with one attached hydrogen (secondary N) is 1. The molecule has 5 heteroatoms. The second-order valence-corrected chi connectivity index (χ2v) is 6.01. The minimum atomic E-state index is 0. The van der Waals surface area contributed by atoms with Crippen molar-refractivity contribution in [2.24, 2.45) is 0 Å². The highest BCUT2D eigenvalue weighted by molar-refractivity contribution is 5.85.